The number of hydrogen-bond donors (Lipinski definition) is 3. The molecule has 3 N–H and O–H groups in total. The summed E-state index contributed by atoms with van der Waals surface area (Å²) in [5.41, 5.74) is 3.51. The quantitative estimate of drug-likeness (QED) is 0.464. The van der Waals surface area contributed by atoms with Crippen LogP contribution in [-0.2, 0) is 16.1 Å². The Balaban J connectivity index is 1.40. The number of anilines is 4. The predicted molar refractivity (Wildman–Crippen MR) is 124 cm³/mol. The first-order valence-electron chi connectivity index (χ1n) is 10.6. The van der Waals surface area contributed by atoms with Crippen LogP contribution in [0.25, 0.3) is 0 Å². The van der Waals surface area contributed by atoms with Crippen molar-refractivity contribution in [3.05, 3.63) is 66.6 Å². The maximum absolute atomic E-state index is 11.5. The van der Waals surface area contributed by atoms with Crippen molar-refractivity contribution in [2.24, 2.45) is 0 Å². The molecule has 1 aromatic carbocycles. The first-order chi connectivity index (χ1) is 15.6. The van der Waals surface area contributed by atoms with Crippen molar-refractivity contribution in [3.8, 4) is 0 Å². The second-order valence-electron chi connectivity index (χ2n) is 7.65. The van der Waals surface area contributed by atoms with Gasteiger partial charge in [0.1, 0.15) is 5.82 Å². The summed E-state index contributed by atoms with van der Waals surface area (Å²) >= 11 is 0. The molecular formula is C23H27N7O2. The van der Waals surface area contributed by atoms with E-state index in [4.69, 9.17) is 4.74 Å². The van der Waals surface area contributed by atoms with Gasteiger partial charge in [-0.15, -0.1) is 0 Å². The Kier molecular flexibility index (Phi) is 6.76. The normalized spacial score (nSPS) is 14.0. The van der Waals surface area contributed by atoms with Crippen molar-refractivity contribution in [1.29, 1.82) is 0 Å². The van der Waals surface area contributed by atoms with Gasteiger partial charge < -0.3 is 20.7 Å². The molecule has 0 spiro atoms. The van der Waals surface area contributed by atoms with Gasteiger partial charge in [-0.05, 0) is 43.5 Å². The standard InChI is InChI=1S/C23H27N7O2/c1-3-21(31)27-18-6-4-5-17(11-18)13-24-22-16(2)12-25-23(29-22)28-19-14-26-30(15-19)20-7-9-32-10-8-20/h3-6,11-12,14-15,20H,1,7-10,13H2,2H3,(H,27,31)(H2,24,25,28,29). The number of aryl methyl sites for hydroxylation is 1. The lowest BCUT2D eigenvalue weighted by atomic mass is 10.1. The zero-order chi connectivity index (χ0) is 22.3. The molecule has 2 aromatic heterocycles. The molecule has 32 heavy (non-hydrogen) atoms. The average Bonchev–Trinajstić information content (AvgIpc) is 3.28. The third-order valence-corrected chi connectivity index (χ3v) is 5.23. The average molecular weight is 434 g/mol. The van der Waals surface area contributed by atoms with E-state index in [1.807, 2.05) is 42.1 Å². The number of hydrogen-bond acceptors (Lipinski definition) is 7. The minimum atomic E-state index is -0.238. The third kappa shape index (κ3) is 5.50. The van der Waals surface area contributed by atoms with E-state index in [-0.39, 0.29) is 5.91 Å². The van der Waals surface area contributed by atoms with E-state index in [1.165, 1.54) is 6.08 Å². The van der Waals surface area contributed by atoms with E-state index in [9.17, 15) is 4.79 Å². The Labute approximate surface area is 186 Å². The van der Waals surface area contributed by atoms with Gasteiger partial charge in [0, 0.05) is 43.4 Å². The molecule has 0 saturated carbocycles. The molecular weight excluding hydrogens is 406 g/mol. The van der Waals surface area contributed by atoms with E-state index >= 15 is 0 Å². The van der Waals surface area contributed by atoms with Crippen LogP contribution in [0.2, 0.25) is 0 Å². The second kappa shape index (κ2) is 10.1. The lowest BCUT2D eigenvalue weighted by Crippen LogP contribution is -2.19. The van der Waals surface area contributed by atoms with Crippen LogP contribution in [-0.4, -0.2) is 38.9 Å². The molecule has 1 aliphatic rings. The van der Waals surface area contributed by atoms with E-state index in [0.717, 1.165) is 54.4 Å². The summed E-state index contributed by atoms with van der Waals surface area (Å²) in [5, 5.41) is 13.8. The summed E-state index contributed by atoms with van der Waals surface area (Å²) in [6, 6.07) is 7.99. The topological polar surface area (TPSA) is 106 Å². The van der Waals surface area contributed by atoms with E-state index in [0.29, 0.717) is 18.5 Å². The van der Waals surface area contributed by atoms with E-state index in [2.05, 4.69) is 37.6 Å². The number of benzene rings is 1. The number of rotatable bonds is 8. The van der Waals surface area contributed by atoms with Crippen LogP contribution in [0.4, 0.5) is 23.1 Å². The molecule has 3 aromatic rings. The number of aromatic nitrogens is 4. The second-order valence-corrected chi connectivity index (χ2v) is 7.65. The van der Waals surface area contributed by atoms with Crippen LogP contribution in [0.3, 0.4) is 0 Å². The maximum atomic E-state index is 11.5. The minimum Gasteiger partial charge on any atom is -0.381 e. The van der Waals surface area contributed by atoms with Crippen LogP contribution >= 0.6 is 0 Å². The zero-order valence-electron chi connectivity index (χ0n) is 18.0. The molecule has 0 atom stereocenters. The monoisotopic (exact) mass is 433 g/mol. The molecule has 1 amide bonds. The maximum Gasteiger partial charge on any atom is 0.247 e. The molecule has 9 heteroatoms. The lowest BCUT2D eigenvalue weighted by Gasteiger charge is -2.22. The van der Waals surface area contributed by atoms with Crippen LogP contribution in [0.5, 0.6) is 0 Å². The molecule has 1 aliphatic heterocycles. The van der Waals surface area contributed by atoms with Gasteiger partial charge in [0.05, 0.1) is 17.9 Å². The molecule has 0 aliphatic carbocycles. The van der Waals surface area contributed by atoms with E-state index < -0.39 is 0 Å². The SMILES string of the molecule is C=CC(=O)Nc1cccc(CNc2nc(Nc3cnn(C4CCOCC4)c3)ncc2C)c1. The summed E-state index contributed by atoms with van der Waals surface area (Å²) < 4.78 is 7.41. The number of nitrogens with one attached hydrogen (secondary N) is 3. The molecule has 1 saturated heterocycles. The first-order valence-corrected chi connectivity index (χ1v) is 10.6. The predicted octanol–water partition coefficient (Wildman–Crippen LogP) is 3.81. The Hall–Kier alpha value is -3.72. The van der Waals surface area contributed by atoms with Gasteiger partial charge in [-0.25, -0.2) is 4.98 Å². The van der Waals surface area contributed by atoms with Crippen LogP contribution in [0, 0.1) is 6.92 Å². The van der Waals surface area contributed by atoms with Crippen LogP contribution in [0.1, 0.15) is 30.0 Å². The van der Waals surface area contributed by atoms with Gasteiger partial charge in [-0.1, -0.05) is 18.7 Å². The highest BCUT2D eigenvalue weighted by Crippen LogP contribution is 2.23. The zero-order valence-corrected chi connectivity index (χ0v) is 18.0. The Morgan fingerprint density at radius 2 is 2.12 bits per heavy atom. The van der Waals surface area contributed by atoms with E-state index in [1.54, 1.807) is 12.4 Å². The van der Waals surface area contributed by atoms with Gasteiger partial charge in [-0.2, -0.15) is 10.1 Å². The van der Waals surface area contributed by atoms with Crippen LogP contribution in [0.15, 0.2) is 55.5 Å². The van der Waals surface area contributed by atoms with Crippen LogP contribution < -0.4 is 16.0 Å². The number of carbonyl (C=O) groups excluding carboxylic acids is 1. The molecule has 166 valence electrons. The first kappa shape index (κ1) is 21.5. The Morgan fingerprint density at radius 3 is 2.94 bits per heavy atom. The Morgan fingerprint density at radius 1 is 1.28 bits per heavy atom. The highest BCUT2D eigenvalue weighted by molar-refractivity contribution is 5.98. The molecule has 0 radical (unpaired) electrons. The lowest BCUT2D eigenvalue weighted by molar-refractivity contribution is -0.111. The summed E-state index contributed by atoms with van der Waals surface area (Å²) in [6.07, 6.45) is 8.73. The highest BCUT2D eigenvalue weighted by Gasteiger charge is 2.16. The summed E-state index contributed by atoms with van der Waals surface area (Å²) in [5.74, 6) is 0.995. The Bertz CT molecular complexity index is 1090. The largest absolute Gasteiger partial charge is 0.381 e. The van der Waals surface area contributed by atoms with Crippen molar-refractivity contribution in [2.75, 3.05) is 29.2 Å². The minimum absolute atomic E-state index is 0.238. The smallest absolute Gasteiger partial charge is 0.247 e. The molecule has 4 rings (SSSR count). The number of amides is 1. The summed E-state index contributed by atoms with van der Waals surface area (Å²) in [4.78, 5) is 20.5. The molecule has 0 unspecified atom stereocenters. The van der Waals surface area contributed by atoms with Gasteiger partial charge in [-0.3, -0.25) is 9.48 Å². The number of nitrogens with zero attached hydrogens (tertiary/aromatic N) is 4. The fraction of sp³-hybridized carbons (Fsp3) is 0.304. The fourth-order valence-electron chi connectivity index (χ4n) is 3.50. The van der Waals surface area contributed by atoms with Gasteiger partial charge in [0.15, 0.2) is 0 Å². The number of ether oxygens (including phenoxy) is 1. The highest BCUT2D eigenvalue weighted by atomic mass is 16.5. The summed E-state index contributed by atoms with van der Waals surface area (Å²) in [7, 11) is 0. The summed E-state index contributed by atoms with van der Waals surface area (Å²) in [6.45, 7) is 7.52. The van der Waals surface area contributed by atoms with Crippen molar-refractivity contribution in [2.45, 2.75) is 32.4 Å². The molecule has 1 fully saturated rings. The molecule has 3 heterocycles. The van der Waals surface area contributed by atoms with Crippen molar-refractivity contribution in [1.82, 2.24) is 19.7 Å². The molecule has 0 bridgehead atoms. The van der Waals surface area contributed by atoms with Gasteiger partial charge >= 0.3 is 0 Å². The van der Waals surface area contributed by atoms with Gasteiger partial charge in [0.25, 0.3) is 0 Å². The van der Waals surface area contributed by atoms with Gasteiger partial charge in [0.2, 0.25) is 11.9 Å². The number of carbonyl (C=O) groups is 1. The molecule has 9 nitrogen and oxygen atoms in total. The van der Waals surface area contributed by atoms with Crippen molar-refractivity contribution >= 4 is 29.0 Å². The van der Waals surface area contributed by atoms with Crippen molar-refractivity contribution < 1.29 is 9.53 Å². The third-order valence-electron chi connectivity index (χ3n) is 5.23. The fourth-order valence-corrected chi connectivity index (χ4v) is 3.50. The van der Waals surface area contributed by atoms with Crippen molar-refractivity contribution in [3.63, 3.8) is 0 Å².